The van der Waals surface area contributed by atoms with Gasteiger partial charge in [0.15, 0.2) is 0 Å². The molecule has 0 atom stereocenters. The summed E-state index contributed by atoms with van der Waals surface area (Å²) in [7, 11) is -2.26. The lowest BCUT2D eigenvalue weighted by Gasteiger charge is -2.10. The van der Waals surface area contributed by atoms with Crippen molar-refractivity contribution >= 4 is 38.2 Å². The molecule has 0 saturated carbocycles. The van der Waals surface area contributed by atoms with Gasteiger partial charge < -0.3 is 10.1 Å². The van der Waals surface area contributed by atoms with Crippen LogP contribution in [-0.4, -0.2) is 26.4 Å². The fraction of sp³-hybridized carbons (Fsp3) is 0.0435. The van der Waals surface area contributed by atoms with Gasteiger partial charge in [0.05, 0.1) is 23.2 Å². The molecule has 0 saturated heterocycles. The maximum Gasteiger partial charge on any atom is 0.261 e. The minimum atomic E-state index is -3.80. The SMILES string of the molecule is COc1ccc(NS(=O)(=O)c2ccc(C(=O)Nc3cccc4cccnc34)cc2)cc1. The minimum Gasteiger partial charge on any atom is -0.497 e. The number of benzene rings is 3. The van der Waals surface area contributed by atoms with E-state index in [1.165, 1.54) is 31.4 Å². The van der Waals surface area contributed by atoms with Crippen molar-refractivity contribution in [2.45, 2.75) is 4.90 Å². The molecule has 31 heavy (non-hydrogen) atoms. The van der Waals surface area contributed by atoms with E-state index in [-0.39, 0.29) is 10.8 Å². The number of methoxy groups -OCH3 is 1. The molecule has 1 amide bonds. The van der Waals surface area contributed by atoms with Crippen LogP contribution in [0.4, 0.5) is 11.4 Å². The van der Waals surface area contributed by atoms with Crippen LogP contribution < -0.4 is 14.8 Å². The summed E-state index contributed by atoms with van der Waals surface area (Å²) in [5, 5.41) is 3.74. The van der Waals surface area contributed by atoms with E-state index in [0.717, 1.165) is 5.39 Å². The number of nitrogens with one attached hydrogen (secondary N) is 2. The molecule has 8 heteroatoms. The zero-order valence-electron chi connectivity index (χ0n) is 16.6. The summed E-state index contributed by atoms with van der Waals surface area (Å²) in [4.78, 5) is 17.0. The highest BCUT2D eigenvalue weighted by molar-refractivity contribution is 7.92. The van der Waals surface area contributed by atoms with Gasteiger partial charge in [0.2, 0.25) is 0 Å². The molecular formula is C23H19N3O4S. The van der Waals surface area contributed by atoms with E-state index in [2.05, 4.69) is 15.0 Å². The Bertz CT molecular complexity index is 1330. The number of carbonyl (C=O) groups excluding carboxylic acids is 1. The smallest absolute Gasteiger partial charge is 0.261 e. The van der Waals surface area contributed by atoms with Gasteiger partial charge in [-0.2, -0.15) is 0 Å². The third-order valence-corrected chi connectivity index (χ3v) is 6.05. The van der Waals surface area contributed by atoms with Crippen LogP contribution in [0.15, 0.2) is 90.0 Å². The monoisotopic (exact) mass is 433 g/mol. The molecule has 0 aliphatic rings. The molecule has 4 aromatic rings. The first-order valence-corrected chi connectivity index (χ1v) is 10.9. The number of aromatic nitrogens is 1. The molecule has 0 spiro atoms. The van der Waals surface area contributed by atoms with Crippen LogP contribution in [0.5, 0.6) is 5.75 Å². The maximum atomic E-state index is 12.7. The van der Waals surface area contributed by atoms with Gasteiger partial charge >= 0.3 is 0 Å². The Morgan fingerprint density at radius 2 is 1.61 bits per heavy atom. The number of hydrogen-bond acceptors (Lipinski definition) is 5. The Balaban J connectivity index is 1.50. The molecule has 0 aliphatic heterocycles. The molecule has 4 rings (SSSR count). The lowest BCUT2D eigenvalue weighted by Crippen LogP contribution is -2.15. The minimum absolute atomic E-state index is 0.0479. The number of nitrogens with zero attached hydrogens (tertiary/aromatic N) is 1. The molecule has 0 aliphatic carbocycles. The zero-order chi connectivity index (χ0) is 21.8. The molecule has 0 unspecified atom stereocenters. The Morgan fingerprint density at radius 3 is 2.32 bits per heavy atom. The quantitative estimate of drug-likeness (QED) is 0.473. The van der Waals surface area contributed by atoms with E-state index in [1.807, 2.05) is 24.3 Å². The Kier molecular flexibility index (Phi) is 5.55. The summed E-state index contributed by atoms with van der Waals surface area (Å²) in [5.41, 5.74) is 2.00. The van der Waals surface area contributed by atoms with Crippen LogP contribution >= 0.6 is 0 Å². The predicted octanol–water partition coefficient (Wildman–Crippen LogP) is 4.30. The number of carbonyl (C=O) groups is 1. The molecule has 7 nitrogen and oxygen atoms in total. The van der Waals surface area contributed by atoms with E-state index in [9.17, 15) is 13.2 Å². The van der Waals surface area contributed by atoms with Crippen molar-refractivity contribution in [3.05, 3.63) is 90.6 Å². The second-order valence-corrected chi connectivity index (χ2v) is 8.38. The molecule has 1 heterocycles. The summed E-state index contributed by atoms with van der Waals surface area (Å²) in [5.74, 6) is 0.268. The largest absolute Gasteiger partial charge is 0.497 e. The summed E-state index contributed by atoms with van der Waals surface area (Å²) >= 11 is 0. The van der Waals surface area contributed by atoms with Gasteiger partial charge in [-0.25, -0.2) is 8.42 Å². The fourth-order valence-electron chi connectivity index (χ4n) is 3.06. The van der Waals surface area contributed by atoms with Crippen LogP contribution in [-0.2, 0) is 10.0 Å². The van der Waals surface area contributed by atoms with E-state index in [1.54, 1.807) is 36.5 Å². The summed E-state index contributed by atoms with van der Waals surface area (Å²) in [6, 6.07) is 21.5. The molecule has 1 aromatic heterocycles. The summed E-state index contributed by atoms with van der Waals surface area (Å²) < 4.78 is 32.8. The number of hydrogen-bond donors (Lipinski definition) is 2. The molecular weight excluding hydrogens is 414 g/mol. The first-order valence-electron chi connectivity index (χ1n) is 9.38. The Morgan fingerprint density at radius 1 is 0.903 bits per heavy atom. The highest BCUT2D eigenvalue weighted by Crippen LogP contribution is 2.22. The number of ether oxygens (including phenoxy) is 1. The van der Waals surface area contributed by atoms with Crippen molar-refractivity contribution in [2.75, 3.05) is 17.1 Å². The average Bonchev–Trinajstić information content (AvgIpc) is 2.80. The van der Waals surface area contributed by atoms with E-state index in [4.69, 9.17) is 4.74 Å². The van der Waals surface area contributed by atoms with Crippen molar-refractivity contribution in [1.29, 1.82) is 0 Å². The first kappa shape index (κ1) is 20.4. The average molecular weight is 433 g/mol. The van der Waals surface area contributed by atoms with Crippen molar-refractivity contribution < 1.29 is 17.9 Å². The van der Waals surface area contributed by atoms with Gasteiger partial charge in [-0.1, -0.05) is 18.2 Å². The van der Waals surface area contributed by atoms with Crippen LogP contribution in [0, 0.1) is 0 Å². The number of fused-ring (bicyclic) bond motifs is 1. The number of para-hydroxylation sites is 1. The molecule has 0 bridgehead atoms. The number of rotatable bonds is 6. The van der Waals surface area contributed by atoms with Crippen molar-refractivity contribution in [1.82, 2.24) is 4.98 Å². The zero-order valence-corrected chi connectivity index (χ0v) is 17.4. The van der Waals surface area contributed by atoms with Gasteiger partial charge in [-0.05, 0) is 60.7 Å². The fourth-order valence-corrected chi connectivity index (χ4v) is 4.12. The molecule has 3 aromatic carbocycles. The summed E-state index contributed by atoms with van der Waals surface area (Å²) in [6.45, 7) is 0. The lowest BCUT2D eigenvalue weighted by molar-refractivity contribution is 0.102. The molecule has 0 radical (unpaired) electrons. The third-order valence-electron chi connectivity index (χ3n) is 4.65. The lowest BCUT2D eigenvalue weighted by atomic mass is 10.1. The van der Waals surface area contributed by atoms with Crippen LogP contribution in [0.2, 0.25) is 0 Å². The maximum absolute atomic E-state index is 12.7. The van der Waals surface area contributed by atoms with Crippen LogP contribution in [0.3, 0.4) is 0 Å². The van der Waals surface area contributed by atoms with E-state index < -0.39 is 10.0 Å². The second-order valence-electron chi connectivity index (χ2n) is 6.69. The Hall–Kier alpha value is -3.91. The second kappa shape index (κ2) is 8.45. The Labute approximate surface area is 179 Å². The first-order chi connectivity index (χ1) is 15.0. The number of pyridine rings is 1. The van der Waals surface area contributed by atoms with E-state index >= 15 is 0 Å². The van der Waals surface area contributed by atoms with Crippen LogP contribution in [0.1, 0.15) is 10.4 Å². The normalized spacial score (nSPS) is 11.1. The van der Waals surface area contributed by atoms with Gasteiger partial charge in [-0.15, -0.1) is 0 Å². The van der Waals surface area contributed by atoms with Crippen molar-refractivity contribution in [3.63, 3.8) is 0 Å². The third kappa shape index (κ3) is 4.49. The van der Waals surface area contributed by atoms with Gasteiger partial charge in [-0.3, -0.25) is 14.5 Å². The molecule has 156 valence electrons. The summed E-state index contributed by atoms with van der Waals surface area (Å²) in [6.07, 6.45) is 1.66. The van der Waals surface area contributed by atoms with Crippen LogP contribution in [0.25, 0.3) is 10.9 Å². The standard InChI is InChI=1S/C23H19N3O4S/c1-30-19-11-9-18(10-12-19)26-31(28,29)20-13-7-17(8-14-20)23(27)25-21-6-2-4-16-5-3-15-24-22(16)21/h2-15,26H,1H3,(H,25,27). The molecule has 2 N–H and O–H groups in total. The topological polar surface area (TPSA) is 97.4 Å². The van der Waals surface area contributed by atoms with Gasteiger partial charge in [0.1, 0.15) is 5.75 Å². The number of amides is 1. The van der Waals surface area contributed by atoms with Crippen molar-refractivity contribution in [2.24, 2.45) is 0 Å². The van der Waals surface area contributed by atoms with Gasteiger partial charge in [0.25, 0.3) is 15.9 Å². The predicted molar refractivity (Wildman–Crippen MR) is 120 cm³/mol. The highest BCUT2D eigenvalue weighted by Gasteiger charge is 2.16. The number of sulfonamides is 1. The highest BCUT2D eigenvalue weighted by atomic mass is 32.2. The molecule has 0 fully saturated rings. The van der Waals surface area contributed by atoms with E-state index in [0.29, 0.717) is 28.2 Å². The number of anilines is 2. The van der Waals surface area contributed by atoms with Gasteiger partial charge in [0, 0.05) is 22.8 Å². The van der Waals surface area contributed by atoms with Crippen molar-refractivity contribution in [3.8, 4) is 5.75 Å².